The molecule has 19 heavy (non-hydrogen) atoms. The molecule has 2 rings (SSSR count). The van der Waals surface area contributed by atoms with Crippen LogP contribution >= 0.6 is 0 Å². The lowest BCUT2D eigenvalue weighted by Crippen LogP contribution is -2.54. The molecule has 0 aliphatic carbocycles. The molecule has 1 heterocycles. The number of likely N-dealkylation sites (N-methyl/N-ethyl adjacent to an activating group) is 1. The van der Waals surface area contributed by atoms with Gasteiger partial charge in [-0.2, -0.15) is 0 Å². The van der Waals surface area contributed by atoms with Gasteiger partial charge in [-0.25, -0.2) is 4.39 Å². The van der Waals surface area contributed by atoms with Gasteiger partial charge in [0.25, 0.3) is 0 Å². The number of hydrogen-bond donors (Lipinski definition) is 1. The van der Waals surface area contributed by atoms with Gasteiger partial charge < -0.3 is 10.2 Å². The summed E-state index contributed by atoms with van der Waals surface area (Å²) in [7, 11) is 4.25. The first-order valence-corrected chi connectivity index (χ1v) is 7.24. The van der Waals surface area contributed by atoms with E-state index in [0.717, 1.165) is 31.5 Å². The SMILES string of the molecule is CN(C)CC1(CCc2cccc(F)c2)CCCCN1. The number of halogens is 1. The summed E-state index contributed by atoms with van der Waals surface area (Å²) in [5.41, 5.74) is 1.30. The molecule has 1 saturated heterocycles. The van der Waals surface area contributed by atoms with Crippen molar-refractivity contribution in [2.24, 2.45) is 0 Å². The van der Waals surface area contributed by atoms with Crippen LogP contribution in [0.5, 0.6) is 0 Å². The maximum atomic E-state index is 13.2. The lowest BCUT2D eigenvalue weighted by Gasteiger charge is -2.40. The number of piperidine rings is 1. The normalized spacial score (nSPS) is 23.8. The summed E-state index contributed by atoms with van der Waals surface area (Å²) in [5.74, 6) is -0.129. The number of nitrogens with zero attached hydrogens (tertiary/aromatic N) is 1. The van der Waals surface area contributed by atoms with E-state index in [9.17, 15) is 4.39 Å². The van der Waals surface area contributed by atoms with Gasteiger partial charge in [-0.05, 0) is 64.0 Å². The maximum Gasteiger partial charge on any atom is 0.123 e. The summed E-state index contributed by atoms with van der Waals surface area (Å²) in [6.07, 6.45) is 5.81. The van der Waals surface area contributed by atoms with E-state index in [0.29, 0.717) is 0 Å². The van der Waals surface area contributed by atoms with Crippen LogP contribution in [0.1, 0.15) is 31.2 Å². The lowest BCUT2D eigenvalue weighted by molar-refractivity contribution is 0.178. The number of hydrogen-bond acceptors (Lipinski definition) is 2. The molecule has 3 heteroatoms. The van der Waals surface area contributed by atoms with Gasteiger partial charge in [0.05, 0.1) is 0 Å². The van der Waals surface area contributed by atoms with Gasteiger partial charge in [0, 0.05) is 12.1 Å². The molecule has 1 N–H and O–H groups in total. The zero-order valence-corrected chi connectivity index (χ0v) is 12.1. The molecule has 1 atom stereocenters. The van der Waals surface area contributed by atoms with Gasteiger partial charge in [-0.15, -0.1) is 0 Å². The van der Waals surface area contributed by atoms with Crippen LogP contribution in [-0.2, 0) is 6.42 Å². The molecule has 1 aliphatic rings. The van der Waals surface area contributed by atoms with Crippen molar-refractivity contribution in [3.63, 3.8) is 0 Å². The van der Waals surface area contributed by atoms with Crippen LogP contribution in [0.2, 0.25) is 0 Å². The highest BCUT2D eigenvalue weighted by molar-refractivity contribution is 5.17. The van der Waals surface area contributed by atoms with E-state index in [4.69, 9.17) is 0 Å². The van der Waals surface area contributed by atoms with Crippen molar-refractivity contribution in [2.75, 3.05) is 27.2 Å². The van der Waals surface area contributed by atoms with Crippen LogP contribution in [0.25, 0.3) is 0 Å². The first-order valence-electron chi connectivity index (χ1n) is 7.24. The molecule has 1 aliphatic heterocycles. The van der Waals surface area contributed by atoms with E-state index >= 15 is 0 Å². The van der Waals surface area contributed by atoms with Gasteiger partial charge in [0.15, 0.2) is 0 Å². The standard InChI is InChI=1S/C16H25FN2/c1-19(2)13-16(9-3-4-11-18-16)10-8-14-6-5-7-15(17)12-14/h5-7,12,18H,3-4,8-11,13H2,1-2H3. The summed E-state index contributed by atoms with van der Waals surface area (Å²) in [5, 5.41) is 3.71. The average Bonchev–Trinajstić information content (AvgIpc) is 2.37. The van der Waals surface area contributed by atoms with Crippen LogP contribution in [0, 0.1) is 5.82 Å². The predicted molar refractivity (Wildman–Crippen MR) is 77.9 cm³/mol. The topological polar surface area (TPSA) is 15.3 Å². The van der Waals surface area contributed by atoms with E-state index < -0.39 is 0 Å². The molecule has 0 spiro atoms. The highest BCUT2D eigenvalue weighted by Crippen LogP contribution is 2.25. The Labute approximate surface area is 116 Å². The monoisotopic (exact) mass is 264 g/mol. The fourth-order valence-electron chi connectivity index (χ4n) is 3.14. The minimum absolute atomic E-state index is 0.129. The molecule has 1 fully saturated rings. The molecule has 1 unspecified atom stereocenters. The van der Waals surface area contributed by atoms with Crippen molar-refractivity contribution >= 4 is 0 Å². The highest BCUT2D eigenvalue weighted by atomic mass is 19.1. The first kappa shape index (κ1) is 14.5. The van der Waals surface area contributed by atoms with Crippen LogP contribution < -0.4 is 5.32 Å². The van der Waals surface area contributed by atoms with E-state index in [1.54, 1.807) is 12.1 Å². The number of benzene rings is 1. The van der Waals surface area contributed by atoms with E-state index in [1.807, 2.05) is 6.07 Å². The quantitative estimate of drug-likeness (QED) is 0.880. The fourth-order valence-corrected chi connectivity index (χ4v) is 3.14. The molecule has 1 aromatic carbocycles. The smallest absolute Gasteiger partial charge is 0.123 e. The van der Waals surface area contributed by atoms with Crippen LogP contribution in [-0.4, -0.2) is 37.6 Å². The number of rotatable bonds is 5. The Morgan fingerprint density at radius 3 is 2.79 bits per heavy atom. The third kappa shape index (κ3) is 4.29. The molecular formula is C16H25FN2. The summed E-state index contributed by atoms with van der Waals surface area (Å²) < 4.78 is 13.2. The molecule has 2 nitrogen and oxygen atoms in total. The van der Waals surface area contributed by atoms with Crippen molar-refractivity contribution in [1.29, 1.82) is 0 Å². The summed E-state index contributed by atoms with van der Waals surface area (Å²) in [6.45, 7) is 2.17. The Hall–Kier alpha value is -0.930. The zero-order chi connectivity index (χ0) is 13.7. The maximum absolute atomic E-state index is 13.2. The van der Waals surface area contributed by atoms with Crippen molar-refractivity contribution < 1.29 is 4.39 Å². The van der Waals surface area contributed by atoms with Crippen molar-refractivity contribution in [2.45, 2.75) is 37.6 Å². The third-order valence-electron chi connectivity index (χ3n) is 3.98. The largest absolute Gasteiger partial charge is 0.310 e. The van der Waals surface area contributed by atoms with Crippen LogP contribution in [0.4, 0.5) is 4.39 Å². The summed E-state index contributed by atoms with van der Waals surface area (Å²) >= 11 is 0. The predicted octanol–water partition coefficient (Wildman–Crippen LogP) is 2.83. The Balaban J connectivity index is 1.99. The first-order chi connectivity index (χ1) is 9.10. The van der Waals surface area contributed by atoms with E-state index in [-0.39, 0.29) is 11.4 Å². The van der Waals surface area contributed by atoms with Gasteiger partial charge in [0.1, 0.15) is 5.82 Å². The molecule has 0 aromatic heterocycles. The number of nitrogens with one attached hydrogen (secondary N) is 1. The molecule has 0 bridgehead atoms. The highest BCUT2D eigenvalue weighted by Gasteiger charge is 2.31. The van der Waals surface area contributed by atoms with Crippen molar-refractivity contribution in [1.82, 2.24) is 10.2 Å². The Morgan fingerprint density at radius 1 is 1.32 bits per heavy atom. The second-order valence-electron chi connectivity index (χ2n) is 6.03. The zero-order valence-electron chi connectivity index (χ0n) is 12.1. The summed E-state index contributed by atoms with van der Waals surface area (Å²) in [4.78, 5) is 2.25. The molecule has 0 saturated carbocycles. The fraction of sp³-hybridized carbons (Fsp3) is 0.625. The molecule has 1 aromatic rings. The summed E-state index contributed by atoms with van der Waals surface area (Å²) in [6, 6.07) is 7.00. The molecule has 0 radical (unpaired) electrons. The second kappa shape index (κ2) is 6.49. The van der Waals surface area contributed by atoms with Gasteiger partial charge in [0.2, 0.25) is 0 Å². The molecular weight excluding hydrogens is 239 g/mol. The van der Waals surface area contributed by atoms with Crippen LogP contribution in [0.3, 0.4) is 0 Å². The Morgan fingerprint density at radius 2 is 2.16 bits per heavy atom. The van der Waals surface area contributed by atoms with Gasteiger partial charge >= 0.3 is 0 Å². The van der Waals surface area contributed by atoms with Gasteiger partial charge in [-0.1, -0.05) is 18.6 Å². The van der Waals surface area contributed by atoms with Gasteiger partial charge in [-0.3, -0.25) is 0 Å². The van der Waals surface area contributed by atoms with Crippen molar-refractivity contribution in [3.05, 3.63) is 35.6 Å². The Kier molecular flexibility index (Phi) is 4.94. The lowest BCUT2D eigenvalue weighted by atomic mass is 9.83. The average molecular weight is 264 g/mol. The van der Waals surface area contributed by atoms with E-state index in [1.165, 1.54) is 25.3 Å². The third-order valence-corrected chi connectivity index (χ3v) is 3.98. The molecule has 106 valence electrons. The molecule has 0 amide bonds. The number of aryl methyl sites for hydroxylation is 1. The minimum atomic E-state index is -0.129. The second-order valence-corrected chi connectivity index (χ2v) is 6.03. The van der Waals surface area contributed by atoms with Crippen LogP contribution in [0.15, 0.2) is 24.3 Å². The van der Waals surface area contributed by atoms with E-state index in [2.05, 4.69) is 24.3 Å². The Bertz CT molecular complexity index is 397. The van der Waals surface area contributed by atoms with Crippen molar-refractivity contribution in [3.8, 4) is 0 Å². The minimum Gasteiger partial charge on any atom is -0.310 e.